The maximum atomic E-state index is 12.9. The van der Waals surface area contributed by atoms with E-state index in [9.17, 15) is 14.4 Å². The molecular formula is C49H56Cl3N9O3. The molecule has 0 unspecified atom stereocenters. The van der Waals surface area contributed by atoms with Gasteiger partial charge in [-0.3, -0.25) is 14.4 Å². The van der Waals surface area contributed by atoms with Gasteiger partial charge in [-0.2, -0.15) is 0 Å². The van der Waals surface area contributed by atoms with Gasteiger partial charge in [0.05, 0.1) is 11.4 Å². The fraction of sp³-hybridized carbons (Fsp3) is 0.286. The number of aromatic nitrogens is 4. The number of carbonyl (C=O) groups excluding carboxylic acids is 3. The number of hydrogen-bond donors (Lipinski definition) is 3. The molecule has 2 amide bonds. The van der Waals surface area contributed by atoms with E-state index in [0.717, 1.165) is 59.8 Å². The van der Waals surface area contributed by atoms with Crippen LogP contribution in [0.15, 0.2) is 122 Å². The van der Waals surface area contributed by atoms with Crippen molar-refractivity contribution in [3.8, 4) is 22.5 Å². The van der Waals surface area contributed by atoms with Crippen LogP contribution in [0.1, 0.15) is 75.1 Å². The number of Topliss-reactive ketones (excluding diaryl/α,β-unsaturated/α-hetero) is 1. The Labute approximate surface area is 392 Å². The molecule has 0 saturated carbocycles. The van der Waals surface area contributed by atoms with E-state index in [0.29, 0.717) is 71.1 Å². The normalized spacial score (nSPS) is 13.6. The maximum absolute atomic E-state index is 12.9. The van der Waals surface area contributed by atoms with Gasteiger partial charge in [-0.05, 0) is 97.8 Å². The first kappa shape index (κ1) is 50.7. The standard InChI is InChI=1S/C25H28ClN5O.C22H19ClN4O2.2CH4.ClH/c1-17(2)28-22-12-15-31(16-13-22)24(32)19-5-9-21(10-6-19)29-25-27-14-11-23(30-25)18-3-7-20(26)8-4-18;23-17-5-1-15(2-6-17)20-9-12-24-22(26-20)25-18-7-3-16(4-8-18)21(29)27-13-10-19(28)11-14-27;;;/h3-11,14,17,22,28H,12-13,15-16H2,1-2H3,(H,27,29,30);1-9,12H,10-11,13-14H2,(H,24,25,26);2*1H4;1H. The van der Waals surface area contributed by atoms with Crippen molar-refractivity contribution in [3.05, 3.63) is 143 Å². The van der Waals surface area contributed by atoms with Gasteiger partial charge in [-0.25, -0.2) is 19.9 Å². The number of rotatable bonds is 10. The number of amides is 2. The van der Waals surface area contributed by atoms with Crippen LogP contribution in [0.3, 0.4) is 0 Å². The predicted octanol–water partition coefficient (Wildman–Crippen LogP) is 11.2. The second-order valence-electron chi connectivity index (χ2n) is 15.2. The summed E-state index contributed by atoms with van der Waals surface area (Å²) in [4.78, 5) is 58.1. The molecular weight excluding hydrogens is 869 g/mol. The highest BCUT2D eigenvalue weighted by Gasteiger charge is 2.24. The number of benzene rings is 4. The third-order valence-corrected chi connectivity index (χ3v) is 10.8. The summed E-state index contributed by atoms with van der Waals surface area (Å²) in [7, 11) is 0. The Bertz CT molecular complexity index is 2420. The number of anilines is 4. The molecule has 0 radical (unpaired) electrons. The van der Waals surface area contributed by atoms with Crippen LogP contribution in [0.25, 0.3) is 22.5 Å². The molecule has 0 spiro atoms. The molecule has 2 aliphatic rings. The van der Waals surface area contributed by atoms with E-state index in [1.54, 1.807) is 29.4 Å². The van der Waals surface area contributed by atoms with Crippen molar-refractivity contribution >= 4 is 76.5 Å². The average molecular weight is 925 g/mol. The Balaban J connectivity index is 0.000000269. The van der Waals surface area contributed by atoms with Crippen LogP contribution in [-0.2, 0) is 4.79 Å². The van der Waals surface area contributed by atoms with Crippen molar-refractivity contribution in [1.29, 1.82) is 0 Å². The van der Waals surface area contributed by atoms with Gasteiger partial charge < -0.3 is 25.8 Å². The second-order valence-corrected chi connectivity index (χ2v) is 16.0. The summed E-state index contributed by atoms with van der Waals surface area (Å²) in [5.41, 5.74) is 6.40. The van der Waals surface area contributed by atoms with Crippen LogP contribution < -0.4 is 16.0 Å². The van der Waals surface area contributed by atoms with Crippen LogP contribution in [0.2, 0.25) is 10.0 Å². The quantitative estimate of drug-likeness (QED) is 0.121. The second kappa shape index (κ2) is 24.2. The molecule has 3 N–H and O–H groups in total. The number of halogens is 3. The van der Waals surface area contributed by atoms with E-state index in [1.165, 1.54) is 0 Å². The molecule has 336 valence electrons. The van der Waals surface area contributed by atoms with E-state index < -0.39 is 0 Å². The van der Waals surface area contributed by atoms with E-state index in [1.807, 2.05) is 102 Å². The van der Waals surface area contributed by atoms with Gasteiger partial charge in [0, 0.05) is 107 Å². The molecule has 2 fully saturated rings. The minimum absolute atomic E-state index is 0. The lowest BCUT2D eigenvalue weighted by molar-refractivity contribution is -0.120. The lowest BCUT2D eigenvalue weighted by Crippen LogP contribution is -2.46. The van der Waals surface area contributed by atoms with E-state index >= 15 is 0 Å². The zero-order valence-electron chi connectivity index (χ0n) is 34.4. The van der Waals surface area contributed by atoms with Crippen LogP contribution in [0.5, 0.6) is 0 Å². The Morgan fingerprint density at radius 2 is 0.984 bits per heavy atom. The maximum Gasteiger partial charge on any atom is 0.253 e. The number of likely N-dealkylation sites (tertiary alicyclic amines) is 2. The first-order valence-corrected chi connectivity index (χ1v) is 21.1. The Morgan fingerprint density at radius 3 is 1.38 bits per heavy atom. The minimum atomic E-state index is -0.0509. The van der Waals surface area contributed by atoms with Crippen molar-refractivity contribution < 1.29 is 14.4 Å². The highest BCUT2D eigenvalue weighted by molar-refractivity contribution is 6.31. The van der Waals surface area contributed by atoms with Gasteiger partial charge in [-0.1, -0.05) is 76.2 Å². The number of piperidine rings is 2. The largest absolute Gasteiger partial charge is 0.339 e. The van der Waals surface area contributed by atoms with Crippen LogP contribution in [0, 0.1) is 0 Å². The van der Waals surface area contributed by atoms with Gasteiger partial charge in [0.15, 0.2) is 0 Å². The molecule has 4 aromatic carbocycles. The van der Waals surface area contributed by atoms with E-state index in [-0.39, 0.29) is 44.9 Å². The van der Waals surface area contributed by atoms with Crippen molar-refractivity contribution in [2.75, 3.05) is 36.8 Å². The van der Waals surface area contributed by atoms with Gasteiger partial charge in [0.2, 0.25) is 11.9 Å². The van der Waals surface area contributed by atoms with Crippen LogP contribution >= 0.6 is 35.6 Å². The van der Waals surface area contributed by atoms with Crippen molar-refractivity contribution in [2.45, 2.75) is 66.5 Å². The molecule has 0 atom stereocenters. The number of nitrogens with zero attached hydrogens (tertiary/aromatic N) is 6. The van der Waals surface area contributed by atoms with E-state index in [2.05, 4.69) is 49.7 Å². The topological polar surface area (TPSA) is 145 Å². The van der Waals surface area contributed by atoms with Crippen molar-refractivity contribution in [1.82, 2.24) is 35.1 Å². The molecule has 12 nitrogen and oxygen atoms in total. The zero-order valence-corrected chi connectivity index (χ0v) is 36.8. The first-order valence-electron chi connectivity index (χ1n) is 20.3. The summed E-state index contributed by atoms with van der Waals surface area (Å²) in [5, 5.41) is 11.3. The van der Waals surface area contributed by atoms with Gasteiger partial charge in [-0.15, -0.1) is 12.4 Å². The number of nitrogens with one attached hydrogen (secondary N) is 3. The fourth-order valence-corrected chi connectivity index (χ4v) is 7.35. The molecule has 2 aromatic heterocycles. The van der Waals surface area contributed by atoms with Crippen molar-refractivity contribution in [2.24, 2.45) is 0 Å². The van der Waals surface area contributed by atoms with Gasteiger partial charge in [0.1, 0.15) is 5.78 Å². The van der Waals surface area contributed by atoms with Crippen LogP contribution in [0.4, 0.5) is 23.3 Å². The SMILES string of the molecule is C.C.CC(C)NC1CCN(C(=O)c2ccc(Nc3nccc(-c4ccc(Cl)cc4)n3)cc2)CC1.Cl.O=C1CCN(C(=O)c2ccc(Nc3nccc(-c4ccc(Cl)cc4)n3)cc2)CC1. The zero-order chi connectivity index (χ0) is 42.7. The smallest absolute Gasteiger partial charge is 0.253 e. The molecule has 15 heteroatoms. The summed E-state index contributed by atoms with van der Waals surface area (Å²) >= 11 is 11.9. The Hall–Kier alpha value is -5.92. The Kier molecular flexibility index (Phi) is 19.2. The molecule has 8 rings (SSSR count). The number of carbonyl (C=O) groups is 3. The molecule has 0 bridgehead atoms. The monoisotopic (exact) mass is 923 g/mol. The van der Waals surface area contributed by atoms with Crippen molar-refractivity contribution in [3.63, 3.8) is 0 Å². The number of ketones is 1. The predicted molar refractivity (Wildman–Crippen MR) is 262 cm³/mol. The van der Waals surface area contributed by atoms with Gasteiger partial charge in [0.25, 0.3) is 11.8 Å². The summed E-state index contributed by atoms with van der Waals surface area (Å²) < 4.78 is 0. The molecule has 4 heterocycles. The summed E-state index contributed by atoms with van der Waals surface area (Å²) in [6.45, 7) is 6.87. The average Bonchev–Trinajstić information content (AvgIpc) is 3.28. The summed E-state index contributed by atoms with van der Waals surface area (Å²) in [5.74, 6) is 1.21. The highest BCUT2D eigenvalue weighted by atomic mass is 35.5. The van der Waals surface area contributed by atoms with Gasteiger partial charge >= 0.3 is 0 Å². The third-order valence-electron chi connectivity index (χ3n) is 10.3. The minimum Gasteiger partial charge on any atom is -0.339 e. The lowest BCUT2D eigenvalue weighted by atomic mass is 10.0. The number of hydrogen-bond acceptors (Lipinski definition) is 10. The molecule has 0 aliphatic carbocycles. The first-order chi connectivity index (χ1) is 29.6. The summed E-state index contributed by atoms with van der Waals surface area (Å²) in [6, 6.07) is 34.3. The molecule has 64 heavy (non-hydrogen) atoms. The molecule has 2 saturated heterocycles. The fourth-order valence-electron chi connectivity index (χ4n) is 7.10. The molecule has 6 aromatic rings. The highest BCUT2D eigenvalue weighted by Crippen LogP contribution is 2.24. The Morgan fingerprint density at radius 1 is 0.594 bits per heavy atom. The third kappa shape index (κ3) is 14.0. The molecule has 2 aliphatic heterocycles. The lowest BCUT2D eigenvalue weighted by Gasteiger charge is -2.33. The summed E-state index contributed by atoms with van der Waals surface area (Å²) in [6.07, 6.45) is 6.26. The van der Waals surface area contributed by atoms with E-state index in [4.69, 9.17) is 23.2 Å². The van der Waals surface area contributed by atoms with Crippen LogP contribution in [-0.4, -0.2) is 85.6 Å².